The van der Waals surface area contributed by atoms with Gasteiger partial charge in [0.15, 0.2) is 0 Å². The number of hydrogen-bond acceptors (Lipinski definition) is 8. The Morgan fingerprint density at radius 1 is 0.591 bits per heavy atom. The second-order valence-corrected chi connectivity index (χ2v) is 3.76. The molecule has 0 aromatic rings. The van der Waals surface area contributed by atoms with Gasteiger partial charge >= 0.3 is 12.3 Å². The first kappa shape index (κ1) is 27.5. The average Bonchev–Trinajstić information content (AvgIpc) is 2.45. The van der Waals surface area contributed by atoms with Gasteiger partial charge in [0, 0.05) is 65.4 Å². The van der Waals surface area contributed by atoms with Crippen LogP contribution < -0.4 is 0 Å². The summed E-state index contributed by atoms with van der Waals surface area (Å²) in [4.78, 5) is 21.7. The smallest absolute Gasteiger partial charge is 0.434 e. The standard InChI is InChI=1S/C12H22O8.2Y/c13-5-9-19-11(15)17-7-3-1-2-4-8-18-12(16)20-10-6-14;;/h13-14H,1-10H2;;. The number of carbonyl (C=O) groups is 2. The number of aliphatic hydroxyl groups is 2. The molecule has 124 valence electrons. The molecule has 0 saturated carbocycles. The fourth-order valence-corrected chi connectivity index (χ4v) is 1.21. The van der Waals surface area contributed by atoms with E-state index < -0.39 is 12.3 Å². The Hall–Kier alpha value is 0.668. The minimum atomic E-state index is -0.783. The largest absolute Gasteiger partial charge is 0.508 e. The molecule has 0 fully saturated rings. The van der Waals surface area contributed by atoms with Gasteiger partial charge in [0.1, 0.15) is 13.2 Å². The van der Waals surface area contributed by atoms with Crippen LogP contribution >= 0.6 is 0 Å². The van der Waals surface area contributed by atoms with Crippen LogP contribution in [0.4, 0.5) is 9.59 Å². The molecule has 0 saturated heterocycles. The average molecular weight is 472 g/mol. The van der Waals surface area contributed by atoms with Crippen molar-refractivity contribution in [1.82, 2.24) is 0 Å². The molecule has 2 radical (unpaired) electrons. The van der Waals surface area contributed by atoms with Crippen LogP contribution in [-0.4, -0.2) is 62.2 Å². The Balaban J connectivity index is -0.00000180. The fourth-order valence-electron chi connectivity index (χ4n) is 1.21. The summed E-state index contributed by atoms with van der Waals surface area (Å²) in [5.74, 6) is 0. The number of unbranched alkanes of at least 4 members (excludes halogenated alkanes) is 3. The van der Waals surface area contributed by atoms with E-state index in [0.29, 0.717) is 12.8 Å². The molecule has 0 bridgehead atoms. The molecule has 0 spiro atoms. The van der Waals surface area contributed by atoms with Crippen LogP contribution in [0.3, 0.4) is 0 Å². The van der Waals surface area contributed by atoms with Crippen molar-refractivity contribution >= 4 is 12.3 Å². The summed E-state index contributed by atoms with van der Waals surface area (Å²) in [5, 5.41) is 16.8. The van der Waals surface area contributed by atoms with Crippen molar-refractivity contribution in [2.45, 2.75) is 25.7 Å². The van der Waals surface area contributed by atoms with E-state index in [0.717, 1.165) is 12.8 Å². The summed E-state index contributed by atoms with van der Waals surface area (Å²) in [6.07, 6.45) is 1.44. The summed E-state index contributed by atoms with van der Waals surface area (Å²) >= 11 is 0. The first-order valence-corrected chi connectivity index (χ1v) is 6.51. The van der Waals surface area contributed by atoms with Crippen molar-refractivity contribution in [3.63, 3.8) is 0 Å². The third-order valence-electron chi connectivity index (χ3n) is 2.10. The number of aliphatic hydroxyl groups excluding tert-OH is 2. The van der Waals surface area contributed by atoms with Crippen LogP contribution in [0.25, 0.3) is 0 Å². The van der Waals surface area contributed by atoms with Crippen molar-refractivity contribution in [3.8, 4) is 0 Å². The maximum atomic E-state index is 10.9. The van der Waals surface area contributed by atoms with Crippen LogP contribution in [-0.2, 0) is 84.4 Å². The van der Waals surface area contributed by atoms with Crippen LogP contribution in [0.2, 0.25) is 0 Å². The van der Waals surface area contributed by atoms with Crippen LogP contribution in [0, 0.1) is 0 Å². The Kier molecular flexibility index (Phi) is 27.1. The van der Waals surface area contributed by atoms with E-state index in [-0.39, 0.29) is 105 Å². The van der Waals surface area contributed by atoms with Gasteiger partial charge in [-0.15, -0.1) is 0 Å². The quantitative estimate of drug-likeness (QED) is 0.336. The van der Waals surface area contributed by atoms with Crippen molar-refractivity contribution in [2.75, 3.05) is 39.6 Å². The molecule has 0 aromatic carbocycles. The van der Waals surface area contributed by atoms with Gasteiger partial charge in [-0.25, -0.2) is 9.59 Å². The van der Waals surface area contributed by atoms with Crippen molar-refractivity contribution in [1.29, 1.82) is 0 Å². The van der Waals surface area contributed by atoms with Gasteiger partial charge in [0.2, 0.25) is 0 Å². The molecule has 0 rings (SSSR count). The number of rotatable bonds is 11. The van der Waals surface area contributed by atoms with E-state index in [4.69, 9.17) is 19.7 Å². The molecule has 0 unspecified atom stereocenters. The summed E-state index contributed by atoms with van der Waals surface area (Å²) in [6, 6.07) is 0. The van der Waals surface area contributed by atoms with E-state index in [1.165, 1.54) is 0 Å². The second-order valence-electron chi connectivity index (χ2n) is 3.76. The number of ether oxygens (including phenoxy) is 4. The second kappa shape index (κ2) is 21.7. The first-order valence-electron chi connectivity index (χ1n) is 6.51. The van der Waals surface area contributed by atoms with Crippen molar-refractivity contribution in [3.05, 3.63) is 0 Å². The zero-order chi connectivity index (χ0) is 15.1. The van der Waals surface area contributed by atoms with Crippen LogP contribution in [0.5, 0.6) is 0 Å². The fraction of sp³-hybridized carbons (Fsp3) is 0.833. The van der Waals surface area contributed by atoms with Crippen LogP contribution in [0.15, 0.2) is 0 Å². The molecule has 10 heteroatoms. The van der Waals surface area contributed by atoms with E-state index in [2.05, 4.69) is 9.47 Å². The minimum Gasteiger partial charge on any atom is -0.434 e. The predicted molar refractivity (Wildman–Crippen MR) is 67.2 cm³/mol. The summed E-state index contributed by atoms with van der Waals surface area (Å²) in [7, 11) is 0. The molecule has 0 amide bonds. The molecule has 0 aliphatic rings. The normalized spacial score (nSPS) is 9.00. The Labute approximate surface area is 180 Å². The van der Waals surface area contributed by atoms with Crippen molar-refractivity contribution in [2.24, 2.45) is 0 Å². The molecule has 0 aliphatic carbocycles. The van der Waals surface area contributed by atoms with Gasteiger partial charge in [-0.2, -0.15) is 0 Å². The van der Waals surface area contributed by atoms with Gasteiger partial charge in [-0.1, -0.05) is 0 Å². The summed E-state index contributed by atoms with van der Waals surface area (Å²) in [5.41, 5.74) is 0. The first-order chi connectivity index (χ1) is 9.70. The Bertz CT molecular complexity index is 240. The monoisotopic (exact) mass is 472 g/mol. The number of carbonyl (C=O) groups excluding carboxylic acids is 2. The van der Waals surface area contributed by atoms with E-state index in [1.807, 2.05) is 0 Å². The zero-order valence-electron chi connectivity index (χ0n) is 12.6. The molecular formula is C12H22O8Y2. The van der Waals surface area contributed by atoms with Gasteiger partial charge in [0.05, 0.1) is 26.4 Å². The van der Waals surface area contributed by atoms with Crippen molar-refractivity contribution < 1.29 is 104 Å². The maximum Gasteiger partial charge on any atom is 0.508 e. The maximum absolute atomic E-state index is 10.9. The molecular weight excluding hydrogens is 450 g/mol. The van der Waals surface area contributed by atoms with Gasteiger partial charge in [-0.05, 0) is 25.7 Å². The molecule has 2 N–H and O–H groups in total. The SMILES string of the molecule is O=C(OCCO)OCCCCCCOC(=O)OCCO.[Y].[Y]. The molecule has 0 atom stereocenters. The van der Waals surface area contributed by atoms with Crippen LogP contribution in [0.1, 0.15) is 25.7 Å². The summed E-state index contributed by atoms with van der Waals surface area (Å²) < 4.78 is 18.5. The van der Waals surface area contributed by atoms with Gasteiger partial charge in [0.25, 0.3) is 0 Å². The topological polar surface area (TPSA) is 112 Å². The molecule has 0 aliphatic heterocycles. The molecule has 22 heavy (non-hydrogen) atoms. The molecule has 0 heterocycles. The van der Waals surface area contributed by atoms with E-state index in [1.54, 1.807) is 0 Å². The molecule has 8 nitrogen and oxygen atoms in total. The van der Waals surface area contributed by atoms with Gasteiger partial charge in [-0.3, -0.25) is 0 Å². The Morgan fingerprint density at radius 3 is 1.23 bits per heavy atom. The predicted octanol–water partition coefficient (Wildman–Crippen LogP) is 0.833. The van der Waals surface area contributed by atoms with E-state index >= 15 is 0 Å². The summed E-state index contributed by atoms with van der Waals surface area (Å²) in [6.45, 7) is -0.0793. The number of hydrogen-bond donors (Lipinski definition) is 2. The zero-order valence-corrected chi connectivity index (χ0v) is 18.2. The third kappa shape index (κ3) is 20.7. The minimum absolute atomic E-state index is 0. The third-order valence-corrected chi connectivity index (χ3v) is 2.10. The molecule has 0 aromatic heterocycles. The Morgan fingerprint density at radius 2 is 0.909 bits per heavy atom. The van der Waals surface area contributed by atoms with Gasteiger partial charge < -0.3 is 29.2 Å². The van der Waals surface area contributed by atoms with E-state index in [9.17, 15) is 9.59 Å².